The lowest BCUT2D eigenvalue weighted by atomic mass is 10.2. The molecule has 3 aromatic rings. The SMILES string of the molecule is Cc1nn(-c2ccc(C(F)(F)F)cc2)c(C)c1NC(=O)OCc1ccccc1. The van der Waals surface area contributed by atoms with E-state index in [1.54, 1.807) is 13.8 Å². The van der Waals surface area contributed by atoms with Crippen LogP contribution in [0.25, 0.3) is 5.69 Å². The van der Waals surface area contributed by atoms with Gasteiger partial charge in [0.05, 0.1) is 28.3 Å². The second-order valence-corrected chi connectivity index (χ2v) is 6.19. The molecule has 1 aromatic heterocycles. The van der Waals surface area contributed by atoms with Gasteiger partial charge in [-0.2, -0.15) is 18.3 Å². The number of benzene rings is 2. The van der Waals surface area contributed by atoms with Crippen molar-refractivity contribution >= 4 is 11.8 Å². The number of alkyl halides is 3. The molecule has 0 atom stereocenters. The second kappa shape index (κ2) is 7.75. The van der Waals surface area contributed by atoms with Crippen LogP contribution >= 0.6 is 0 Å². The normalized spacial score (nSPS) is 11.3. The molecule has 1 amide bonds. The summed E-state index contributed by atoms with van der Waals surface area (Å²) in [7, 11) is 0. The Morgan fingerprint density at radius 2 is 1.71 bits per heavy atom. The summed E-state index contributed by atoms with van der Waals surface area (Å²) in [5, 5.41) is 6.96. The van der Waals surface area contributed by atoms with Gasteiger partial charge < -0.3 is 4.74 Å². The zero-order valence-electron chi connectivity index (χ0n) is 15.2. The second-order valence-electron chi connectivity index (χ2n) is 6.19. The van der Waals surface area contributed by atoms with E-state index in [1.165, 1.54) is 16.8 Å². The van der Waals surface area contributed by atoms with Crippen LogP contribution in [-0.4, -0.2) is 15.9 Å². The number of carbonyl (C=O) groups is 1. The van der Waals surface area contributed by atoms with Crippen LogP contribution in [0.4, 0.5) is 23.7 Å². The van der Waals surface area contributed by atoms with E-state index in [4.69, 9.17) is 4.74 Å². The molecule has 0 aliphatic heterocycles. The van der Waals surface area contributed by atoms with Crippen molar-refractivity contribution < 1.29 is 22.7 Å². The van der Waals surface area contributed by atoms with E-state index in [0.29, 0.717) is 22.8 Å². The predicted octanol–water partition coefficient (Wildman–Crippen LogP) is 5.26. The number of rotatable bonds is 4. The van der Waals surface area contributed by atoms with E-state index in [0.717, 1.165) is 17.7 Å². The fourth-order valence-electron chi connectivity index (χ4n) is 2.73. The Morgan fingerprint density at radius 1 is 1.07 bits per heavy atom. The van der Waals surface area contributed by atoms with Crippen LogP contribution in [0.15, 0.2) is 54.6 Å². The monoisotopic (exact) mass is 389 g/mol. The van der Waals surface area contributed by atoms with E-state index in [9.17, 15) is 18.0 Å². The molecule has 8 heteroatoms. The Kier molecular flexibility index (Phi) is 5.39. The molecule has 0 radical (unpaired) electrons. The largest absolute Gasteiger partial charge is 0.444 e. The molecule has 0 spiro atoms. The maximum atomic E-state index is 12.7. The lowest BCUT2D eigenvalue weighted by Crippen LogP contribution is -2.14. The molecule has 0 unspecified atom stereocenters. The molecule has 0 fully saturated rings. The van der Waals surface area contributed by atoms with E-state index >= 15 is 0 Å². The number of nitrogens with one attached hydrogen (secondary N) is 1. The minimum Gasteiger partial charge on any atom is -0.444 e. The van der Waals surface area contributed by atoms with Gasteiger partial charge in [0.2, 0.25) is 0 Å². The van der Waals surface area contributed by atoms with Gasteiger partial charge >= 0.3 is 12.3 Å². The third-order valence-corrected chi connectivity index (χ3v) is 4.17. The summed E-state index contributed by atoms with van der Waals surface area (Å²) in [4.78, 5) is 12.1. The van der Waals surface area contributed by atoms with Crippen molar-refractivity contribution in [2.45, 2.75) is 26.6 Å². The number of anilines is 1. The Hall–Kier alpha value is -3.29. The molecule has 0 bridgehead atoms. The number of ether oxygens (including phenoxy) is 1. The van der Waals surface area contributed by atoms with Crippen LogP contribution in [-0.2, 0) is 17.5 Å². The first kappa shape index (κ1) is 19.5. The molecule has 3 rings (SSSR count). The van der Waals surface area contributed by atoms with Crippen LogP contribution in [0.1, 0.15) is 22.5 Å². The topological polar surface area (TPSA) is 56.2 Å². The van der Waals surface area contributed by atoms with Crippen LogP contribution in [0.3, 0.4) is 0 Å². The first-order valence-corrected chi connectivity index (χ1v) is 8.47. The molecule has 0 aliphatic carbocycles. The smallest absolute Gasteiger partial charge is 0.416 e. The quantitative estimate of drug-likeness (QED) is 0.663. The molecule has 146 valence electrons. The summed E-state index contributed by atoms with van der Waals surface area (Å²) in [6.45, 7) is 3.53. The minimum absolute atomic E-state index is 0.123. The van der Waals surface area contributed by atoms with Crippen molar-refractivity contribution in [3.05, 3.63) is 77.1 Å². The Balaban J connectivity index is 1.73. The molecule has 1 heterocycles. The Labute approximate surface area is 159 Å². The number of hydrogen-bond acceptors (Lipinski definition) is 3. The average Bonchev–Trinajstić information content (AvgIpc) is 2.95. The van der Waals surface area contributed by atoms with Gasteiger partial charge in [0.1, 0.15) is 6.61 Å². The van der Waals surface area contributed by atoms with Gasteiger partial charge in [0.25, 0.3) is 0 Å². The summed E-state index contributed by atoms with van der Waals surface area (Å²) in [6.07, 6.45) is -5.04. The number of amides is 1. The van der Waals surface area contributed by atoms with Gasteiger partial charge in [-0.1, -0.05) is 30.3 Å². The maximum absolute atomic E-state index is 12.7. The molecule has 0 saturated heterocycles. The summed E-state index contributed by atoms with van der Waals surface area (Å²) >= 11 is 0. The molecule has 0 aliphatic rings. The van der Waals surface area contributed by atoms with Crippen molar-refractivity contribution in [3.63, 3.8) is 0 Å². The average molecular weight is 389 g/mol. The first-order valence-electron chi connectivity index (χ1n) is 8.47. The molecule has 28 heavy (non-hydrogen) atoms. The highest BCUT2D eigenvalue weighted by Gasteiger charge is 2.30. The summed E-state index contributed by atoms with van der Waals surface area (Å²) in [5.41, 5.74) is 2.13. The van der Waals surface area contributed by atoms with Crippen molar-refractivity contribution in [1.29, 1.82) is 0 Å². The van der Waals surface area contributed by atoms with E-state index in [1.807, 2.05) is 30.3 Å². The first-order chi connectivity index (χ1) is 13.3. The van der Waals surface area contributed by atoms with Gasteiger partial charge in [0, 0.05) is 0 Å². The van der Waals surface area contributed by atoms with Gasteiger partial charge in [0.15, 0.2) is 0 Å². The maximum Gasteiger partial charge on any atom is 0.416 e. The highest BCUT2D eigenvalue weighted by Crippen LogP contribution is 2.30. The van der Waals surface area contributed by atoms with Gasteiger partial charge in [-0.05, 0) is 43.7 Å². The zero-order valence-corrected chi connectivity index (χ0v) is 15.2. The lowest BCUT2D eigenvalue weighted by molar-refractivity contribution is -0.137. The van der Waals surface area contributed by atoms with Crippen molar-refractivity contribution in [2.75, 3.05) is 5.32 Å². The van der Waals surface area contributed by atoms with Crippen LogP contribution < -0.4 is 5.32 Å². The fraction of sp³-hybridized carbons (Fsp3) is 0.200. The third kappa shape index (κ3) is 4.33. The van der Waals surface area contributed by atoms with Crippen molar-refractivity contribution in [3.8, 4) is 5.69 Å². The third-order valence-electron chi connectivity index (χ3n) is 4.17. The molecule has 5 nitrogen and oxygen atoms in total. The van der Waals surface area contributed by atoms with Crippen molar-refractivity contribution in [2.24, 2.45) is 0 Å². The molecular weight excluding hydrogens is 371 g/mol. The number of carbonyl (C=O) groups excluding carboxylic acids is 1. The van der Waals surface area contributed by atoms with Crippen LogP contribution in [0, 0.1) is 13.8 Å². The summed E-state index contributed by atoms with van der Waals surface area (Å²) in [5.74, 6) is 0. The number of nitrogens with zero attached hydrogens (tertiary/aromatic N) is 2. The van der Waals surface area contributed by atoms with Crippen molar-refractivity contribution in [1.82, 2.24) is 9.78 Å². The number of hydrogen-bond donors (Lipinski definition) is 1. The molecular formula is C20H18F3N3O2. The number of halogens is 3. The van der Waals surface area contributed by atoms with Gasteiger partial charge in [-0.25, -0.2) is 9.48 Å². The standard InChI is InChI=1S/C20H18F3N3O2/c1-13-18(24-19(27)28-12-15-6-4-3-5-7-15)14(2)26(25-13)17-10-8-16(9-11-17)20(21,22)23/h3-11H,12H2,1-2H3,(H,24,27). The molecule has 2 aromatic carbocycles. The minimum atomic E-state index is -4.40. The number of aryl methyl sites for hydroxylation is 1. The summed E-state index contributed by atoms with van der Waals surface area (Å²) in [6, 6.07) is 13.9. The summed E-state index contributed by atoms with van der Waals surface area (Å²) < 4.78 is 44.8. The van der Waals surface area contributed by atoms with E-state index < -0.39 is 17.8 Å². The lowest BCUT2D eigenvalue weighted by Gasteiger charge is -2.10. The highest BCUT2D eigenvalue weighted by atomic mass is 19.4. The fourth-order valence-corrected chi connectivity index (χ4v) is 2.73. The van der Waals surface area contributed by atoms with Crippen LogP contribution in [0.5, 0.6) is 0 Å². The zero-order chi connectivity index (χ0) is 20.3. The Bertz CT molecular complexity index is 965. The van der Waals surface area contributed by atoms with Crippen LogP contribution in [0.2, 0.25) is 0 Å². The van der Waals surface area contributed by atoms with Gasteiger partial charge in [-0.3, -0.25) is 5.32 Å². The Morgan fingerprint density at radius 3 is 2.32 bits per heavy atom. The molecule has 0 saturated carbocycles. The van der Waals surface area contributed by atoms with Gasteiger partial charge in [-0.15, -0.1) is 0 Å². The number of aromatic nitrogens is 2. The predicted molar refractivity (Wildman–Crippen MR) is 98.3 cm³/mol. The van der Waals surface area contributed by atoms with E-state index in [-0.39, 0.29) is 6.61 Å². The molecule has 1 N–H and O–H groups in total. The highest BCUT2D eigenvalue weighted by molar-refractivity contribution is 5.86. The van der Waals surface area contributed by atoms with E-state index in [2.05, 4.69) is 10.4 Å².